The molecule has 2 atom stereocenters. The number of phenols is 1. The second kappa shape index (κ2) is 6.04. The van der Waals surface area contributed by atoms with E-state index in [-0.39, 0.29) is 11.8 Å². The van der Waals surface area contributed by atoms with Crippen LogP contribution in [-0.4, -0.2) is 11.7 Å². The topological polar surface area (TPSA) is 29.5 Å². The van der Waals surface area contributed by atoms with Gasteiger partial charge in [0, 0.05) is 17.4 Å². The van der Waals surface area contributed by atoms with E-state index < -0.39 is 0 Å². The molecular formula is C22H20O2. The Morgan fingerprint density at radius 2 is 1.62 bits per heavy atom. The maximum atomic E-state index is 9.64. The fraction of sp³-hybridized carbons (Fsp3) is 0.182. The van der Waals surface area contributed by atoms with Gasteiger partial charge in [-0.15, -0.1) is 0 Å². The molecule has 1 heterocycles. The molecule has 3 aromatic rings. The number of hydrogen-bond acceptors (Lipinski definition) is 2. The van der Waals surface area contributed by atoms with Gasteiger partial charge in [-0.05, 0) is 41.8 Å². The summed E-state index contributed by atoms with van der Waals surface area (Å²) in [5, 5.41) is 9.64. The highest BCUT2D eigenvalue weighted by atomic mass is 16.5. The molecule has 120 valence electrons. The molecule has 24 heavy (non-hydrogen) atoms. The zero-order chi connectivity index (χ0) is 16.5. The summed E-state index contributed by atoms with van der Waals surface area (Å²) >= 11 is 0. The molecule has 1 aliphatic heterocycles. The molecular weight excluding hydrogens is 296 g/mol. The molecule has 0 unspecified atom stereocenters. The van der Waals surface area contributed by atoms with E-state index in [0.717, 1.165) is 5.75 Å². The van der Waals surface area contributed by atoms with E-state index in [2.05, 4.69) is 49.4 Å². The molecule has 0 fully saturated rings. The molecule has 4 rings (SSSR count). The fourth-order valence-corrected chi connectivity index (χ4v) is 3.60. The van der Waals surface area contributed by atoms with Crippen LogP contribution in [0.15, 0.2) is 72.8 Å². The van der Waals surface area contributed by atoms with Crippen LogP contribution < -0.4 is 4.74 Å². The van der Waals surface area contributed by atoms with Crippen molar-refractivity contribution in [2.45, 2.75) is 18.8 Å². The highest BCUT2D eigenvalue weighted by molar-refractivity contribution is 5.49. The zero-order valence-corrected chi connectivity index (χ0v) is 13.6. The predicted molar refractivity (Wildman–Crippen MR) is 95.8 cm³/mol. The molecule has 2 nitrogen and oxygen atoms in total. The molecule has 0 aromatic heterocycles. The van der Waals surface area contributed by atoms with Gasteiger partial charge >= 0.3 is 0 Å². The summed E-state index contributed by atoms with van der Waals surface area (Å²) in [5.41, 5.74) is 4.90. The monoisotopic (exact) mass is 316 g/mol. The Bertz CT molecular complexity index is 838. The van der Waals surface area contributed by atoms with Gasteiger partial charge in [-0.2, -0.15) is 0 Å². The SMILES string of the molecule is Cc1ccc2c(c1)OC[C@H](c1ccccc1)[C@@H]2c1ccc(O)cc1. The summed E-state index contributed by atoms with van der Waals surface area (Å²) in [6, 6.07) is 24.5. The van der Waals surface area contributed by atoms with Crippen LogP contribution in [0.3, 0.4) is 0 Å². The van der Waals surface area contributed by atoms with Crippen LogP contribution in [0.4, 0.5) is 0 Å². The Hall–Kier alpha value is -2.74. The van der Waals surface area contributed by atoms with Crippen molar-refractivity contribution < 1.29 is 9.84 Å². The average Bonchev–Trinajstić information content (AvgIpc) is 2.62. The second-order valence-corrected chi connectivity index (χ2v) is 6.44. The van der Waals surface area contributed by atoms with Gasteiger partial charge in [-0.1, -0.05) is 54.6 Å². The van der Waals surface area contributed by atoms with E-state index in [4.69, 9.17) is 4.74 Å². The van der Waals surface area contributed by atoms with Crippen LogP contribution in [0.1, 0.15) is 34.1 Å². The number of benzene rings is 3. The number of phenolic OH excluding ortho intramolecular Hbond substituents is 1. The maximum Gasteiger partial charge on any atom is 0.123 e. The summed E-state index contributed by atoms with van der Waals surface area (Å²) in [4.78, 5) is 0. The summed E-state index contributed by atoms with van der Waals surface area (Å²) in [6.45, 7) is 2.74. The lowest BCUT2D eigenvalue weighted by atomic mass is 9.76. The Morgan fingerprint density at radius 3 is 2.38 bits per heavy atom. The normalized spacial score (nSPS) is 19.4. The lowest BCUT2D eigenvalue weighted by Crippen LogP contribution is -2.25. The summed E-state index contributed by atoms with van der Waals surface area (Å²) < 4.78 is 6.10. The number of aromatic hydroxyl groups is 1. The van der Waals surface area contributed by atoms with E-state index in [1.807, 2.05) is 18.2 Å². The lowest BCUT2D eigenvalue weighted by Gasteiger charge is -2.34. The van der Waals surface area contributed by atoms with Crippen molar-refractivity contribution in [2.24, 2.45) is 0 Å². The van der Waals surface area contributed by atoms with Crippen molar-refractivity contribution >= 4 is 0 Å². The summed E-state index contributed by atoms with van der Waals surface area (Å²) in [6.07, 6.45) is 0. The predicted octanol–water partition coefficient (Wildman–Crippen LogP) is 5.01. The number of fused-ring (bicyclic) bond motifs is 1. The molecule has 0 bridgehead atoms. The first-order valence-electron chi connectivity index (χ1n) is 8.29. The van der Waals surface area contributed by atoms with Crippen LogP contribution >= 0.6 is 0 Å². The number of aryl methyl sites for hydroxylation is 1. The summed E-state index contributed by atoms with van der Waals surface area (Å²) in [5.74, 6) is 1.75. The van der Waals surface area contributed by atoms with E-state index in [1.54, 1.807) is 12.1 Å². The van der Waals surface area contributed by atoms with Crippen molar-refractivity contribution in [2.75, 3.05) is 6.61 Å². The first kappa shape index (κ1) is 14.8. The minimum Gasteiger partial charge on any atom is -0.508 e. The van der Waals surface area contributed by atoms with Gasteiger partial charge in [0.05, 0.1) is 6.61 Å². The average molecular weight is 316 g/mol. The molecule has 0 radical (unpaired) electrons. The smallest absolute Gasteiger partial charge is 0.123 e. The van der Waals surface area contributed by atoms with Gasteiger partial charge in [0.25, 0.3) is 0 Å². The second-order valence-electron chi connectivity index (χ2n) is 6.44. The van der Waals surface area contributed by atoms with Crippen LogP contribution in [0.25, 0.3) is 0 Å². The van der Waals surface area contributed by atoms with Crippen LogP contribution in [0, 0.1) is 6.92 Å². The largest absolute Gasteiger partial charge is 0.508 e. The van der Waals surface area contributed by atoms with Gasteiger partial charge in [-0.25, -0.2) is 0 Å². The van der Waals surface area contributed by atoms with E-state index >= 15 is 0 Å². The van der Waals surface area contributed by atoms with E-state index in [9.17, 15) is 5.11 Å². The molecule has 0 aliphatic carbocycles. The first-order valence-corrected chi connectivity index (χ1v) is 8.29. The van der Waals surface area contributed by atoms with Gasteiger partial charge in [0.2, 0.25) is 0 Å². The van der Waals surface area contributed by atoms with Gasteiger partial charge in [-0.3, -0.25) is 0 Å². The third kappa shape index (κ3) is 2.65. The molecule has 3 aromatic carbocycles. The minimum absolute atomic E-state index is 0.220. The molecule has 1 aliphatic rings. The number of rotatable bonds is 2. The van der Waals surface area contributed by atoms with Crippen molar-refractivity contribution in [3.8, 4) is 11.5 Å². The Morgan fingerprint density at radius 1 is 0.875 bits per heavy atom. The van der Waals surface area contributed by atoms with Crippen molar-refractivity contribution in [1.82, 2.24) is 0 Å². The van der Waals surface area contributed by atoms with E-state index in [1.165, 1.54) is 22.3 Å². The molecule has 0 saturated heterocycles. The van der Waals surface area contributed by atoms with Crippen molar-refractivity contribution in [3.63, 3.8) is 0 Å². The lowest BCUT2D eigenvalue weighted by molar-refractivity contribution is 0.249. The molecule has 0 spiro atoms. The van der Waals surface area contributed by atoms with Crippen LogP contribution in [0.2, 0.25) is 0 Å². The maximum absolute atomic E-state index is 9.64. The quantitative estimate of drug-likeness (QED) is 0.720. The van der Waals surface area contributed by atoms with Crippen molar-refractivity contribution in [1.29, 1.82) is 0 Å². The fourth-order valence-electron chi connectivity index (χ4n) is 3.60. The number of ether oxygens (including phenoxy) is 1. The highest BCUT2D eigenvalue weighted by Gasteiger charge is 2.33. The van der Waals surface area contributed by atoms with Crippen LogP contribution in [0.5, 0.6) is 11.5 Å². The third-order valence-electron chi connectivity index (χ3n) is 4.80. The molecule has 0 saturated carbocycles. The van der Waals surface area contributed by atoms with Gasteiger partial charge < -0.3 is 9.84 Å². The number of hydrogen-bond donors (Lipinski definition) is 1. The Kier molecular flexibility index (Phi) is 3.73. The van der Waals surface area contributed by atoms with E-state index in [0.29, 0.717) is 12.4 Å². The molecule has 2 heteroatoms. The Labute approximate surface area is 142 Å². The standard InChI is InChI=1S/C22H20O2/c1-15-7-12-19-21(13-15)24-14-20(16-5-3-2-4-6-16)22(19)17-8-10-18(23)11-9-17/h2-13,20,22-23H,14H2,1H3/t20-,22-/m1/s1. The first-order chi connectivity index (χ1) is 11.7. The van der Waals surface area contributed by atoms with Crippen molar-refractivity contribution in [3.05, 3.63) is 95.1 Å². The zero-order valence-electron chi connectivity index (χ0n) is 13.6. The summed E-state index contributed by atoms with van der Waals surface area (Å²) in [7, 11) is 0. The third-order valence-corrected chi connectivity index (χ3v) is 4.80. The highest BCUT2D eigenvalue weighted by Crippen LogP contribution is 2.46. The minimum atomic E-state index is 0.220. The van der Waals surface area contributed by atoms with Gasteiger partial charge in [0.15, 0.2) is 0 Å². The molecule has 1 N–H and O–H groups in total. The van der Waals surface area contributed by atoms with Crippen LogP contribution in [-0.2, 0) is 0 Å². The van der Waals surface area contributed by atoms with Gasteiger partial charge in [0.1, 0.15) is 11.5 Å². The Balaban J connectivity index is 1.86. The molecule has 0 amide bonds.